The van der Waals surface area contributed by atoms with E-state index in [1.165, 1.54) is 6.08 Å². The van der Waals surface area contributed by atoms with E-state index in [0.717, 1.165) is 0 Å². The zero-order valence-electron chi connectivity index (χ0n) is 6.12. The topological polar surface area (TPSA) is 44.8 Å². The van der Waals surface area contributed by atoms with Crippen LogP contribution in [-0.2, 0) is 19.0 Å². The average molecular weight is 158 g/mol. The minimum Gasteiger partial charge on any atom is -0.459 e. The van der Waals surface area contributed by atoms with Crippen molar-refractivity contribution in [2.45, 2.75) is 6.10 Å². The van der Waals surface area contributed by atoms with Gasteiger partial charge in [-0.1, -0.05) is 12.7 Å². The third-order valence-electron chi connectivity index (χ3n) is 1.23. The van der Waals surface area contributed by atoms with Crippen molar-refractivity contribution >= 4 is 5.97 Å². The molecule has 0 aromatic heterocycles. The zero-order valence-corrected chi connectivity index (χ0v) is 6.12. The average Bonchev–Trinajstić information content (AvgIpc) is 2.52. The molecular formula is C7H10O4. The second-order valence-electron chi connectivity index (χ2n) is 2.06. The van der Waals surface area contributed by atoms with Gasteiger partial charge in [-0.2, -0.15) is 0 Å². The van der Waals surface area contributed by atoms with Gasteiger partial charge in [-0.25, -0.2) is 4.79 Å². The number of rotatable bonds is 3. The Hall–Kier alpha value is -0.870. The van der Waals surface area contributed by atoms with Crippen LogP contribution in [0.2, 0.25) is 0 Å². The number of carbonyl (C=O) groups is 1. The second-order valence-corrected chi connectivity index (χ2v) is 2.06. The smallest absolute Gasteiger partial charge is 0.338 e. The fourth-order valence-electron chi connectivity index (χ4n) is 0.704. The molecule has 0 aliphatic carbocycles. The molecule has 0 aromatic rings. The molecule has 0 N–H and O–H groups in total. The van der Waals surface area contributed by atoms with Crippen LogP contribution in [0, 0.1) is 0 Å². The molecule has 1 unspecified atom stereocenters. The summed E-state index contributed by atoms with van der Waals surface area (Å²) in [6.45, 7) is 4.09. The highest BCUT2D eigenvalue weighted by molar-refractivity contribution is 5.75. The van der Waals surface area contributed by atoms with Gasteiger partial charge in [0.25, 0.3) is 0 Å². The molecule has 0 amide bonds. The van der Waals surface area contributed by atoms with E-state index in [2.05, 4.69) is 6.58 Å². The lowest BCUT2D eigenvalue weighted by atomic mass is 10.4. The van der Waals surface area contributed by atoms with Crippen LogP contribution in [-0.4, -0.2) is 32.1 Å². The molecule has 1 heterocycles. The van der Waals surface area contributed by atoms with E-state index >= 15 is 0 Å². The summed E-state index contributed by atoms with van der Waals surface area (Å²) in [5.74, 6) is -0.387. The van der Waals surface area contributed by atoms with Gasteiger partial charge in [0.2, 0.25) is 0 Å². The van der Waals surface area contributed by atoms with E-state index in [1.54, 1.807) is 0 Å². The Labute approximate surface area is 64.7 Å². The van der Waals surface area contributed by atoms with E-state index < -0.39 is 6.10 Å². The van der Waals surface area contributed by atoms with Crippen molar-refractivity contribution in [1.29, 1.82) is 0 Å². The maximum Gasteiger partial charge on any atom is 0.338 e. The van der Waals surface area contributed by atoms with Crippen LogP contribution in [0.15, 0.2) is 12.7 Å². The lowest BCUT2D eigenvalue weighted by Gasteiger charge is -2.05. The minimum absolute atomic E-state index is 0.174. The highest BCUT2D eigenvalue weighted by Gasteiger charge is 2.25. The number of ether oxygens (including phenoxy) is 3. The van der Waals surface area contributed by atoms with Crippen LogP contribution in [0.5, 0.6) is 0 Å². The molecule has 1 fully saturated rings. The third-order valence-corrected chi connectivity index (χ3v) is 1.23. The van der Waals surface area contributed by atoms with Crippen LogP contribution in [0.3, 0.4) is 0 Å². The Bertz CT molecular complexity index is 149. The maximum absolute atomic E-state index is 10.9. The molecule has 11 heavy (non-hydrogen) atoms. The first-order valence-electron chi connectivity index (χ1n) is 3.31. The van der Waals surface area contributed by atoms with Crippen molar-refractivity contribution in [2.75, 3.05) is 20.0 Å². The van der Waals surface area contributed by atoms with Crippen molar-refractivity contribution in [3.8, 4) is 0 Å². The van der Waals surface area contributed by atoms with Gasteiger partial charge >= 0.3 is 5.97 Å². The molecule has 1 atom stereocenters. The van der Waals surface area contributed by atoms with Crippen LogP contribution in [0.1, 0.15) is 0 Å². The second kappa shape index (κ2) is 4.10. The number of hydrogen-bond acceptors (Lipinski definition) is 4. The molecule has 0 bridgehead atoms. The summed E-state index contributed by atoms with van der Waals surface area (Å²) in [5, 5.41) is 0. The van der Waals surface area contributed by atoms with Crippen LogP contribution in [0.4, 0.5) is 0 Å². The predicted octanol–water partition coefficient (Wildman–Crippen LogP) is 0.0885. The number of esters is 1. The highest BCUT2D eigenvalue weighted by atomic mass is 16.7. The molecule has 1 rings (SSSR count). The van der Waals surface area contributed by atoms with Gasteiger partial charge in [0.15, 0.2) is 6.10 Å². The van der Waals surface area contributed by atoms with Crippen molar-refractivity contribution in [3.63, 3.8) is 0 Å². The fraction of sp³-hybridized carbons (Fsp3) is 0.571. The summed E-state index contributed by atoms with van der Waals surface area (Å²) in [7, 11) is 0. The van der Waals surface area contributed by atoms with E-state index in [9.17, 15) is 4.79 Å². The maximum atomic E-state index is 10.9. The largest absolute Gasteiger partial charge is 0.459 e. The predicted molar refractivity (Wildman–Crippen MR) is 36.8 cm³/mol. The molecule has 62 valence electrons. The van der Waals surface area contributed by atoms with E-state index in [1.807, 2.05) is 0 Å². The first kappa shape index (κ1) is 8.23. The first-order chi connectivity index (χ1) is 5.34. The summed E-state index contributed by atoms with van der Waals surface area (Å²) in [4.78, 5) is 10.9. The lowest BCUT2D eigenvalue weighted by Crippen LogP contribution is -2.25. The van der Waals surface area contributed by atoms with Crippen molar-refractivity contribution in [2.24, 2.45) is 0 Å². The van der Waals surface area contributed by atoms with Gasteiger partial charge in [-0.15, -0.1) is 0 Å². The molecule has 4 heteroatoms. The summed E-state index contributed by atoms with van der Waals surface area (Å²) in [6.07, 6.45) is 0.961. The van der Waals surface area contributed by atoms with Crippen molar-refractivity contribution in [1.82, 2.24) is 0 Å². The van der Waals surface area contributed by atoms with Crippen molar-refractivity contribution < 1.29 is 19.0 Å². The SMILES string of the molecule is C=CCOC(=O)C1COCO1. The summed E-state index contributed by atoms with van der Waals surface area (Å²) in [5.41, 5.74) is 0. The zero-order chi connectivity index (χ0) is 8.10. The third kappa shape index (κ3) is 2.32. The fourth-order valence-corrected chi connectivity index (χ4v) is 0.704. The Kier molecular flexibility index (Phi) is 3.07. The Balaban J connectivity index is 2.22. The highest BCUT2D eigenvalue weighted by Crippen LogP contribution is 2.04. The van der Waals surface area contributed by atoms with E-state index in [0.29, 0.717) is 0 Å². The van der Waals surface area contributed by atoms with Crippen LogP contribution in [0.25, 0.3) is 0 Å². The molecule has 0 saturated carbocycles. The Morgan fingerprint density at radius 2 is 2.64 bits per heavy atom. The normalized spacial score (nSPS) is 23.1. The van der Waals surface area contributed by atoms with Gasteiger partial charge in [-0.05, 0) is 0 Å². The first-order valence-corrected chi connectivity index (χ1v) is 3.31. The number of carbonyl (C=O) groups excluding carboxylic acids is 1. The van der Waals surface area contributed by atoms with Gasteiger partial charge in [0.05, 0.1) is 6.61 Å². The van der Waals surface area contributed by atoms with E-state index in [4.69, 9.17) is 14.2 Å². The van der Waals surface area contributed by atoms with Crippen LogP contribution < -0.4 is 0 Å². The molecule has 0 spiro atoms. The molecule has 4 nitrogen and oxygen atoms in total. The Morgan fingerprint density at radius 3 is 3.18 bits per heavy atom. The summed E-state index contributed by atoms with van der Waals surface area (Å²) < 4.78 is 14.4. The van der Waals surface area contributed by atoms with Gasteiger partial charge in [-0.3, -0.25) is 0 Å². The molecular weight excluding hydrogens is 148 g/mol. The van der Waals surface area contributed by atoms with Gasteiger partial charge in [0.1, 0.15) is 13.4 Å². The lowest BCUT2D eigenvalue weighted by molar-refractivity contribution is -0.152. The quantitative estimate of drug-likeness (QED) is 0.431. The summed E-state index contributed by atoms with van der Waals surface area (Å²) in [6, 6.07) is 0. The van der Waals surface area contributed by atoms with Crippen LogP contribution >= 0.6 is 0 Å². The van der Waals surface area contributed by atoms with Gasteiger partial charge in [0, 0.05) is 0 Å². The number of hydrogen-bond donors (Lipinski definition) is 0. The molecule has 1 aliphatic rings. The summed E-state index contributed by atoms with van der Waals surface area (Å²) >= 11 is 0. The Morgan fingerprint density at radius 1 is 1.82 bits per heavy atom. The molecule has 1 saturated heterocycles. The standard InChI is InChI=1S/C7H10O4/c1-2-3-10-7(8)6-4-9-5-11-6/h2,6H,1,3-5H2. The molecule has 0 radical (unpaired) electrons. The molecule has 0 aromatic carbocycles. The monoisotopic (exact) mass is 158 g/mol. The molecule has 1 aliphatic heterocycles. The van der Waals surface area contributed by atoms with Crippen molar-refractivity contribution in [3.05, 3.63) is 12.7 Å². The van der Waals surface area contributed by atoms with E-state index in [-0.39, 0.29) is 26.0 Å². The minimum atomic E-state index is -0.546. The van der Waals surface area contributed by atoms with Gasteiger partial charge < -0.3 is 14.2 Å².